The number of rotatable bonds is 2. The highest BCUT2D eigenvalue weighted by atomic mass is 32.1. The number of benzene rings is 1. The number of imidazole rings is 1. The first kappa shape index (κ1) is 11.2. The van der Waals surface area contributed by atoms with E-state index in [9.17, 15) is 4.39 Å². The number of nitrogens with one attached hydrogen (secondary N) is 1. The molecule has 1 aromatic carbocycles. The van der Waals surface area contributed by atoms with Crippen molar-refractivity contribution >= 4 is 23.3 Å². The van der Waals surface area contributed by atoms with E-state index in [2.05, 4.69) is 10.1 Å². The topological polar surface area (TPSA) is 46.8 Å². The summed E-state index contributed by atoms with van der Waals surface area (Å²) in [6.45, 7) is 2.34. The highest BCUT2D eigenvalue weighted by Gasteiger charge is 2.08. The number of aromatic nitrogens is 3. The molecule has 6 heteroatoms. The van der Waals surface area contributed by atoms with Gasteiger partial charge in [0.05, 0.1) is 23.3 Å². The summed E-state index contributed by atoms with van der Waals surface area (Å²) >= 11 is 5.23. The van der Waals surface area contributed by atoms with Gasteiger partial charge in [0.2, 0.25) is 0 Å². The number of aryl methyl sites for hydroxylation is 1. The number of halogens is 1. The van der Waals surface area contributed by atoms with E-state index in [1.165, 1.54) is 12.1 Å². The van der Waals surface area contributed by atoms with Crippen LogP contribution >= 0.6 is 12.2 Å². The fourth-order valence-electron chi connectivity index (χ4n) is 1.94. The third-order valence-corrected chi connectivity index (χ3v) is 3.05. The van der Waals surface area contributed by atoms with Gasteiger partial charge in [-0.1, -0.05) is 5.16 Å². The molecule has 18 heavy (non-hydrogen) atoms. The Kier molecular flexibility index (Phi) is 2.52. The zero-order valence-corrected chi connectivity index (χ0v) is 10.4. The lowest BCUT2D eigenvalue weighted by atomic mass is 10.3. The van der Waals surface area contributed by atoms with E-state index in [1.807, 2.05) is 17.6 Å². The number of nitrogens with zero attached hydrogens (tertiary/aromatic N) is 2. The van der Waals surface area contributed by atoms with Crippen molar-refractivity contribution in [1.29, 1.82) is 0 Å². The SMILES string of the molecule is Cc1cc(Cn2c(=S)[nH]c3cc(F)ccc32)on1. The fraction of sp³-hybridized carbons (Fsp3) is 0.167. The molecule has 0 spiro atoms. The maximum absolute atomic E-state index is 13.1. The van der Waals surface area contributed by atoms with Crippen LogP contribution in [0.4, 0.5) is 4.39 Å². The minimum atomic E-state index is -0.290. The van der Waals surface area contributed by atoms with Gasteiger partial charge in [0.25, 0.3) is 0 Å². The second-order valence-corrected chi connectivity index (χ2v) is 4.50. The maximum atomic E-state index is 13.1. The summed E-state index contributed by atoms with van der Waals surface area (Å²) in [5.74, 6) is 0.426. The average molecular weight is 263 g/mol. The summed E-state index contributed by atoms with van der Waals surface area (Å²) in [5, 5.41) is 3.83. The molecule has 0 aliphatic carbocycles. The molecule has 3 aromatic rings. The van der Waals surface area contributed by atoms with E-state index < -0.39 is 0 Å². The van der Waals surface area contributed by atoms with E-state index in [1.54, 1.807) is 6.07 Å². The number of hydrogen-bond donors (Lipinski definition) is 1. The summed E-state index contributed by atoms with van der Waals surface area (Å²) in [4.78, 5) is 2.97. The third-order valence-electron chi connectivity index (χ3n) is 2.73. The van der Waals surface area contributed by atoms with Gasteiger partial charge in [-0.2, -0.15) is 0 Å². The third kappa shape index (κ3) is 1.84. The minimum Gasteiger partial charge on any atom is -0.359 e. The van der Waals surface area contributed by atoms with Gasteiger partial charge in [-0.05, 0) is 37.3 Å². The van der Waals surface area contributed by atoms with Crippen LogP contribution in [-0.2, 0) is 6.54 Å². The Morgan fingerprint density at radius 2 is 2.28 bits per heavy atom. The van der Waals surface area contributed by atoms with Gasteiger partial charge in [-0.25, -0.2) is 4.39 Å². The molecule has 0 bridgehead atoms. The van der Waals surface area contributed by atoms with Gasteiger partial charge in [0, 0.05) is 6.07 Å². The molecule has 0 atom stereocenters. The second-order valence-electron chi connectivity index (χ2n) is 4.11. The van der Waals surface area contributed by atoms with Crippen LogP contribution in [0.5, 0.6) is 0 Å². The van der Waals surface area contributed by atoms with Crippen LogP contribution in [0.3, 0.4) is 0 Å². The van der Waals surface area contributed by atoms with Crippen molar-refractivity contribution in [2.45, 2.75) is 13.5 Å². The zero-order chi connectivity index (χ0) is 12.7. The lowest BCUT2D eigenvalue weighted by Gasteiger charge is -2.00. The van der Waals surface area contributed by atoms with Crippen LogP contribution < -0.4 is 0 Å². The molecule has 0 radical (unpaired) electrons. The Balaban J connectivity index is 2.11. The van der Waals surface area contributed by atoms with Crippen molar-refractivity contribution in [2.24, 2.45) is 0 Å². The molecular formula is C12H10FN3OS. The summed E-state index contributed by atoms with van der Waals surface area (Å²) in [5.41, 5.74) is 2.34. The Labute approximate surface area is 107 Å². The first-order chi connectivity index (χ1) is 8.63. The van der Waals surface area contributed by atoms with Crippen molar-refractivity contribution in [3.05, 3.63) is 46.3 Å². The Hall–Kier alpha value is -1.95. The predicted molar refractivity (Wildman–Crippen MR) is 67.4 cm³/mol. The van der Waals surface area contributed by atoms with Gasteiger partial charge in [-0.15, -0.1) is 0 Å². The molecule has 0 saturated carbocycles. The summed E-state index contributed by atoms with van der Waals surface area (Å²) in [6.07, 6.45) is 0. The van der Waals surface area contributed by atoms with Gasteiger partial charge in [0.1, 0.15) is 5.82 Å². The van der Waals surface area contributed by atoms with E-state index in [0.717, 1.165) is 11.2 Å². The normalized spacial score (nSPS) is 11.2. The monoisotopic (exact) mass is 263 g/mol. The molecular weight excluding hydrogens is 253 g/mol. The lowest BCUT2D eigenvalue weighted by molar-refractivity contribution is 0.373. The molecule has 2 aromatic heterocycles. The number of aromatic amines is 1. The van der Waals surface area contributed by atoms with Gasteiger partial charge < -0.3 is 14.1 Å². The Morgan fingerprint density at radius 3 is 3.00 bits per heavy atom. The highest BCUT2D eigenvalue weighted by molar-refractivity contribution is 7.71. The molecule has 0 aliphatic heterocycles. The average Bonchev–Trinajstić information content (AvgIpc) is 2.84. The van der Waals surface area contributed by atoms with Crippen molar-refractivity contribution in [2.75, 3.05) is 0 Å². The van der Waals surface area contributed by atoms with Gasteiger partial charge in [-0.3, -0.25) is 0 Å². The Bertz CT molecular complexity index is 771. The van der Waals surface area contributed by atoms with Crippen molar-refractivity contribution in [1.82, 2.24) is 14.7 Å². The molecule has 3 rings (SSSR count). The lowest BCUT2D eigenvalue weighted by Crippen LogP contribution is -1.98. The van der Waals surface area contributed by atoms with Crippen LogP contribution in [0, 0.1) is 17.5 Å². The van der Waals surface area contributed by atoms with Crippen LogP contribution in [0.1, 0.15) is 11.5 Å². The number of H-pyrrole nitrogens is 1. The zero-order valence-electron chi connectivity index (χ0n) is 9.61. The first-order valence-electron chi connectivity index (χ1n) is 5.44. The van der Waals surface area contributed by atoms with Crippen molar-refractivity contribution < 1.29 is 8.91 Å². The van der Waals surface area contributed by atoms with E-state index >= 15 is 0 Å². The van der Waals surface area contributed by atoms with E-state index in [4.69, 9.17) is 16.7 Å². The molecule has 4 nitrogen and oxygen atoms in total. The highest BCUT2D eigenvalue weighted by Crippen LogP contribution is 2.17. The molecule has 0 unspecified atom stereocenters. The first-order valence-corrected chi connectivity index (χ1v) is 5.84. The smallest absolute Gasteiger partial charge is 0.178 e. The van der Waals surface area contributed by atoms with Crippen LogP contribution in [0.25, 0.3) is 11.0 Å². The maximum Gasteiger partial charge on any atom is 0.178 e. The second kappa shape index (κ2) is 4.06. The molecule has 0 saturated heterocycles. The van der Waals surface area contributed by atoms with Crippen LogP contribution in [0.2, 0.25) is 0 Å². The van der Waals surface area contributed by atoms with E-state index in [-0.39, 0.29) is 5.82 Å². The largest absolute Gasteiger partial charge is 0.359 e. The van der Waals surface area contributed by atoms with Crippen molar-refractivity contribution in [3.63, 3.8) is 0 Å². The van der Waals surface area contributed by atoms with Crippen LogP contribution in [-0.4, -0.2) is 14.7 Å². The number of hydrogen-bond acceptors (Lipinski definition) is 3. The summed E-state index contributed by atoms with van der Waals surface area (Å²) < 4.78 is 20.7. The number of fused-ring (bicyclic) bond motifs is 1. The Morgan fingerprint density at radius 1 is 1.44 bits per heavy atom. The molecule has 0 aliphatic rings. The molecule has 2 heterocycles. The van der Waals surface area contributed by atoms with Gasteiger partial charge >= 0.3 is 0 Å². The minimum absolute atomic E-state index is 0.290. The van der Waals surface area contributed by atoms with Crippen molar-refractivity contribution in [3.8, 4) is 0 Å². The predicted octanol–water partition coefficient (Wildman–Crippen LogP) is 3.18. The summed E-state index contributed by atoms with van der Waals surface area (Å²) in [7, 11) is 0. The van der Waals surface area contributed by atoms with E-state index in [0.29, 0.717) is 22.6 Å². The molecule has 1 N–H and O–H groups in total. The van der Waals surface area contributed by atoms with Crippen LogP contribution in [0.15, 0.2) is 28.8 Å². The molecule has 0 amide bonds. The molecule has 92 valence electrons. The summed E-state index contributed by atoms with van der Waals surface area (Å²) in [6, 6.07) is 6.38. The fourth-order valence-corrected chi connectivity index (χ4v) is 2.21. The molecule has 0 fully saturated rings. The quantitative estimate of drug-likeness (QED) is 0.722. The standard InChI is InChI=1S/C12H10FN3OS/c1-7-4-9(17-15-7)6-16-11-3-2-8(13)5-10(11)14-12(16)18/h2-5H,6H2,1H3,(H,14,18). The van der Waals surface area contributed by atoms with Gasteiger partial charge in [0.15, 0.2) is 10.5 Å².